The molecule has 2 rings (SSSR count). The van der Waals surface area contributed by atoms with Crippen molar-refractivity contribution in [2.75, 3.05) is 13.1 Å². The number of ketones is 1. The van der Waals surface area contributed by atoms with Crippen molar-refractivity contribution in [3.63, 3.8) is 0 Å². The van der Waals surface area contributed by atoms with Gasteiger partial charge in [-0.1, -0.05) is 12.1 Å². The van der Waals surface area contributed by atoms with Crippen LogP contribution in [0.15, 0.2) is 36.4 Å². The number of aromatic nitrogens is 2. The monoisotopic (exact) mass is 328 g/mol. The number of Topliss-reactive ketones (excluding diaryl/α,β-unsaturated/α-hetero) is 1. The molecule has 0 spiro atoms. The summed E-state index contributed by atoms with van der Waals surface area (Å²) in [7, 11) is 0. The molecule has 2 aromatic rings. The van der Waals surface area contributed by atoms with Gasteiger partial charge in [0, 0.05) is 33.1 Å². The number of aromatic carboxylic acids is 1. The highest BCUT2D eigenvalue weighted by atomic mass is 16.4. The molecule has 0 saturated heterocycles. The van der Waals surface area contributed by atoms with E-state index in [1.807, 2.05) is 12.1 Å². The van der Waals surface area contributed by atoms with E-state index in [4.69, 9.17) is 5.11 Å². The van der Waals surface area contributed by atoms with Crippen molar-refractivity contribution < 1.29 is 14.7 Å². The number of carboxylic acids is 1. The number of carboxylic acid groups (broad SMARTS) is 1. The molecule has 3 N–H and O–H groups in total. The molecule has 7 nitrogen and oxygen atoms in total. The molecule has 0 unspecified atom stereocenters. The second-order valence-electron chi connectivity index (χ2n) is 5.24. The molecule has 2 heterocycles. The van der Waals surface area contributed by atoms with E-state index >= 15 is 0 Å². The number of hydrogen-bond acceptors (Lipinski definition) is 6. The summed E-state index contributed by atoms with van der Waals surface area (Å²) in [6.45, 7) is 3.99. The average molecular weight is 328 g/mol. The summed E-state index contributed by atoms with van der Waals surface area (Å²) >= 11 is 0. The first-order chi connectivity index (χ1) is 11.6. The van der Waals surface area contributed by atoms with Crippen molar-refractivity contribution in [1.82, 2.24) is 20.6 Å². The molecule has 7 heteroatoms. The van der Waals surface area contributed by atoms with Gasteiger partial charge in [0.05, 0.1) is 11.4 Å². The van der Waals surface area contributed by atoms with Crippen LogP contribution < -0.4 is 10.6 Å². The Balaban J connectivity index is 1.68. The molecule has 2 aromatic heterocycles. The number of nitrogens with one attached hydrogen (secondary N) is 2. The molecule has 126 valence electrons. The lowest BCUT2D eigenvalue weighted by molar-refractivity contribution is 0.0690. The lowest BCUT2D eigenvalue weighted by Crippen LogP contribution is -2.27. The van der Waals surface area contributed by atoms with Crippen LogP contribution in [-0.4, -0.2) is 39.9 Å². The first kappa shape index (κ1) is 17.7. The first-order valence-corrected chi connectivity index (χ1v) is 7.64. The van der Waals surface area contributed by atoms with E-state index in [0.29, 0.717) is 37.6 Å². The SMILES string of the molecule is CC(=O)c1cccc(CNCCNCc2cccc(C(=O)O)n2)n1. The van der Waals surface area contributed by atoms with Gasteiger partial charge >= 0.3 is 5.97 Å². The fourth-order valence-corrected chi connectivity index (χ4v) is 2.08. The second kappa shape index (κ2) is 8.85. The Labute approximate surface area is 140 Å². The van der Waals surface area contributed by atoms with E-state index in [1.165, 1.54) is 13.0 Å². The zero-order chi connectivity index (χ0) is 17.4. The van der Waals surface area contributed by atoms with Gasteiger partial charge in [-0.15, -0.1) is 0 Å². The van der Waals surface area contributed by atoms with Gasteiger partial charge in [0.15, 0.2) is 5.78 Å². The largest absolute Gasteiger partial charge is 0.477 e. The molecule has 24 heavy (non-hydrogen) atoms. The van der Waals surface area contributed by atoms with Crippen LogP contribution in [0.25, 0.3) is 0 Å². The fourth-order valence-electron chi connectivity index (χ4n) is 2.08. The summed E-state index contributed by atoms with van der Waals surface area (Å²) in [5, 5.41) is 15.3. The van der Waals surface area contributed by atoms with E-state index in [2.05, 4.69) is 20.6 Å². The van der Waals surface area contributed by atoms with Gasteiger partial charge in [-0.2, -0.15) is 0 Å². The summed E-state index contributed by atoms with van der Waals surface area (Å²) in [4.78, 5) is 30.4. The number of rotatable bonds is 9. The van der Waals surface area contributed by atoms with Gasteiger partial charge in [-0.05, 0) is 24.3 Å². The molecule has 0 aliphatic carbocycles. The van der Waals surface area contributed by atoms with Gasteiger partial charge < -0.3 is 15.7 Å². The molecule has 0 saturated carbocycles. The van der Waals surface area contributed by atoms with E-state index in [9.17, 15) is 9.59 Å². The van der Waals surface area contributed by atoms with Crippen LogP contribution in [-0.2, 0) is 13.1 Å². The summed E-state index contributed by atoms with van der Waals surface area (Å²) in [5.41, 5.74) is 2.02. The predicted octanol–water partition coefficient (Wildman–Crippen LogP) is 1.26. The highest BCUT2D eigenvalue weighted by Crippen LogP contribution is 2.00. The van der Waals surface area contributed by atoms with Crippen LogP contribution in [0.1, 0.15) is 39.3 Å². The van der Waals surface area contributed by atoms with Gasteiger partial charge in [-0.3, -0.25) is 4.79 Å². The third-order valence-electron chi connectivity index (χ3n) is 3.28. The Kier molecular flexibility index (Phi) is 6.53. The molecule has 0 amide bonds. The minimum atomic E-state index is -1.03. The Morgan fingerprint density at radius 1 is 0.917 bits per heavy atom. The zero-order valence-electron chi connectivity index (χ0n) is 13.5. The predicted molar refractivity (Wildman–Crippen MR) is 88.9 cm³/mol. The molecule has 0 aliphatic rings. The summed E-state index contributed by atoms with van der Waals surface area (Å²) in [6.07, 6.45) is 0. The number of carbonyl (C=O) groups is 2. The van der Waals surface area contributed by atoms with Gasteiger partial charge in [0.1, 0.15) is 11.4 Å². The normalized spacial score (nSPS) is 10.5. The zero-order valence-corrected chi connectivity index (χ0v) is 13.5. The second-order valence-corrected chi connectivity index (χ2v) is 5.24. The lowest BCUT2D eigenvalue weighted by atomic mass is 10.2. The molecular weight excluding hydrogens is 308 g/mol. The van der Waals surface area contributed by atoms with Crippen molar-refractivity contribution in [2.45, 2.75) is 20.0 Å². The first-order valence-electron chi connectivity index (χ1n) is 7.64. The fraction of sp³-hybridized carbons (Fsp3) is 0.294. The third kappa shape index (κ3) is 5.53. The lowest BCUT2D eigenvalue weighted by Gasteiger charge is -2.07. The molecule has 0 radical (unpaired) electrons. The maximum atomic E-state index is 11.3. The minimum Gasteiger partial charge on any atom is -0.477 e. The molecule has 0 aromatic carbocycles. The average Bonchev–Trinajstić information content (AvgIpc) is 2.58. The third-order valence-corrected chi connectivity index (χ3v) is 3.28. The van der Waals surface area contributed by atoms with E-state index in [-0.39, 0.29) is 11.5 Å². The summed E-state index contributed by atoms with van der Waals surface area (Å²) < 4.78 is 0. The van der Waals surface area contributed by atoms with Crippen LogP contribution in [0.4, 0.5) is 0 Å². The Morgan fingerprint density at radius 2 is 1.42 bits per heavy atom. The highest BCUT2D eigenvalue weighted by Gasteiger charge is 2.05. The Morgan fingerprint density at radius 3 is 1.92 bits per heavy atom. The molecular formula is C17H20N4O3. The van der Waals surface area contributed by atoms with Crippen LogP contribution in [0.5, 0.6) is 0 Å². The van der Waals surface area contributed by atoms with Gasteiger partial charge in [0.2, 0.25) is 0 Å². The maximum absolute atomic E-state index is 11.3. The molecule has 0 fully saturated rings. The number of carbonyl (C=O) groups excluding carboxylic acids is 1. The Hall–Kier alpha value is -2.64. The highest BCUT2D eigenvalue weighted by molar-refractivity contribution is 5.92. The minimum absolute atomic E-state index is 0.0452. The van der Waals surface area contributed by atoms with Crippen molar-refractivity contribution >= 4 is 11.8 Å². The van der Waals surface area contributed by atoms with Crippen molar-refractivity contribution in [1.29, 1.82) is 0 Å². The van der Waals surface area contributed by atoms with Crippen molar-refractivity contribution in [3.05, 3.63) is 59.2 Å². The standard InChI is InChI=1S/C17H20N4O3/c1-12(22)15-6-2-4-13(20-15)10-18-8-9-19-11-14-5-3-7-16(21-14)17(23)24/h2-7,18-19H,8-11H2,1H3,(H,23,24). The van der Waals surface area contributed by atoms with Crippen molar-refractivity contribution in [3.8, 4) is 0 Å². The molecule has 0 aliphatic heterocycles. The molecule has 0 bridgehead atoms. The van der Waals surface area contributed by atoms with Crippen LogP contribution >= 0.6 is 0 Å². The summed E-state index contributed by atoms with van der Waals surface area (Å²) in [5.74, 6) is -1.08. The summed E-state index contributed by atoms with van der Waals surface area (Å²) in [6, 6.07) is 10.3. The number of nitrogens with zero attached hydrogens (tertiary/aromatic N) is 2. The van der Waals surface area contributed by atoms with Gasteiger partial charge in [-0.25, -0.2) is 14.8 Å². The van der Waals surface area contributed by atoms with Gasteiger partial charge in [0.25, 0.3) is 0 Å². The number of hydrogen-bond donors (Lipinski definition) is 3. The Bertz CT molecular complexity index is 657. The smallest absolute Gasteiger partial charge is 0.354 e. The van der Waals surface area contributed by atoms with Crippen LogP contribution in [0.2, 0.25) is 0 Å². The van der Waals surface area contributed by atoms with Crippen LogP contribution in [0, 0.1) is 0 Å². The van der Waals surface area contributed by atoms with Crippen molar-refractivity contribution in [2.24, 2.45) is 0 Å². The van der Waals surface area contributed by atoms with E-state index in [1.54, 1.807) is 18.2 Å². The molecule has 0 atom stereocenters. The topological polar surface area (TPSA) is 104 Å². The van der Waals surface area contributed by atoms with Crippen LogP contribution in [0.3, 0.4) is 0 Å². The quantitative estimate of drug-likeness (QED) is 0.470. The maximum Gasteiger partial charge on any atom is 0.354 e. The van der Waals surface area contributed by atoms with E-state index < -0.39 is 5.97 Å². The van der Waals surface area contributed by atoms with E-state index in [0.717, 1.165) is 5.69 Å². The number of pyridine rings is 2.